The molecule has 24 heavy (non-hydrogen) atoms. The number of aromatic nitrogens is 2. The molecule has 130 valence electrons. The Balaban J connectivity index is 0.00000288. The first-order chi connectivity index (χ1) is 11.0. The highest BCUT2D eigenvalue weighted by molar-refractivity contribution is 5.90. The zero-order chi connectivity index (χ0) is 16.8. The average molecular weight is 355 g/mol. The van der Waals surface area contributed by atoms with Crippen molar-refractivity contribution in [3.05, 3.63) is 57.4 Å². The lowest BCUT2D eigenvalue weighted by atomic mass is 10.3. The Hall–Kier alpha value is -2.58. The molecule has 1 amide bonds. The fourth-order valence-corrected chi connectivity index (χ4v) is 1.90. The first-order valence-corrected chi connectivity index (χ1v) is 7.00. The normalized spacial score (nSPS) is 9.92. The molecule has 1 heterocycles. The zero-order valence-corrected chi connectivity index (χ0v) is 13.9. The summed E-state index contributed by atoms with van der Waals surface area (Å²) in [5, 5.41) is 2.67. The van der Waals surface area contributed by atoms with Crippen molar-refractivity contribution in [2.24, 2.45) is 12.8 Å². The van der Waals surface area contributed by atoms with Crippen LogP contribution in [0.5, 0.6) is 5.75 Å². The Bertz CT molecular complexity index is 798. The van der Waals surface area contributed by atoms with Crippen LogP contribution in [0.4, 0.5) is 5.69 Å². The van der Waals surface area contributed by atoms with Gasteiger partial charge < -0.3 is 15.8 Å². The van der Waals surface area contributed by atoms with Crippen molar-refractivity contribution in [1.29, 1.82) is 0 Å². The third-order valence-electron chi connectivity index (χ3n) is 3.10. The molecule has 0 aliphatic heterocycles. The monoisotopic (exact) mass is 354 g/mol. The van der Waals surface area contributed by atoms with Gasteiger partial charge >= 0.3 is 5.69 Å². The second-order valence-electron chi connectivity index (χ2n) is 4.83. The molecule has 0 fully saturated rings. The number of nitrogens with zero attached hydrogens (tertiary/aromatic N) is 2. The molecule has 1 aromatic carbocycles. The van der Waals surface area contributed by atoms with E-state index >= 15 is 0 Å². The van der Waals surface area contributed by atoms with Crippen molar-refractivity contribution in [1.82, 2.24) is 9.13 Å². The van der Waals surface area contributed by atoms with Crippen LogP contribution in [0.25, 0.3) is 0 Å². The van der Waals surface area contributed by atoms with E-state index < -0.39 is 11.2 Å². The van der Waals surface area contributed by atoms with Crippen LogP contribution in [0.15, 0.2) is 46.1 Å². The summed E-state index contributed by atoms with van der Waals surface area (Å²) in [7, 11) is 1.36. The number of carbonyl (C=O) groups excluding carboxylic acids is 1. The van der Waals surface area contributed by atoms with Gasteiger partial charge in [0.2, 0.25) is 5.91 Å². The van der Waals surface area contributed by atoms with Crippen LogP contribution >= 0.6 is 12.4 Å². The van der Waals surface area contributed by atoms with E-state index in [1.165, 1.54) is 19.3 Å². The van der Waals surface area contributed by atoms with Gasteiger partial charge in [-0.15, -0.1) is 12.4 Å². The van der Waals surface area contributed by atoms with Gasteiger partial charge in [-0.3, -0.25) is 18.7 Å². The van der Waals surface area contributed by atoms with Gasteiger partial charge in [-0.25, -0.2) is 4.79 Å². The molecule has 0 radical (unpaired) electrons. The van der Waals surface area contributed by atoms with Crippen molar-refractivity contribution in [2.75, 3.05) is 18.5 Å². The van der Waals surface area contributed by atoms with E-state index in [4.69, 9.17) is 10.5 Å². The van der Waals surface area contributed by atoms with Crippen molar-refractivity contribution in [3.8, 4) is 5.75 Å². The molecule has 9 heteroatoms. The highest BCUT2D eigenvalue weighted by atomic mass is 35.5. The number of nitrogens with one attached hydrogen (secondary N) is 1. The maximum absolute atomic E-state index is 12.0. The van der Waals surface area contributed by atoms with E-state index in [0.717, 1.165) is 9.13 Å². The van der Waals surface area contributed by atoms with Crippen LogP contribution in [0.2, 0.25) is 0 Å². The van der Waals surface area contributed by atoms with Gasteiger partial charge in [0, 0.05) is 31.5 Å². The second-order valence-corrected chi connectivity index (χ2v) is 4.83. The average Bonchev–Trinajstić information content (AvgIpc) is 2.55. The van der Waals surface area contributed by atoms with Crippen molar-refractivity contribution >= 4 is 24.0 Å². The van der Waals surface area contributed by atoms with Crippen LogP contribution in [0.1, 0.15) is 0 Å². The highest BCUT2D eigenvalue weighted by Crippen LogP contribution is 2.15. The van der Waals surface area contributed by atoms with Gasteiger partial charge in [-0.1, -0.05) is 0 Å². The molecule has 0 aliphatic carbocycles. The maximum Gasteiger partial charge on any atom is 0.331 e. The van der Waals surface area contributed by atoms with Crippen LogP contribution < -0.4 is 27.0 Å². The highest BCUT2D eigenvalue weighted by Gasteiger charge is 2.07. The molecular formula is C15H19ClN4O4. The second kappa shape index (κ2) is 8.90. The van der Waals surface area contributed by atoms with Gasteiger partial charge in [0.1, 0.15) is 18.9 Å². The Morgan fingerprint density at radius 3 is 2.50 bits per heavy atom. The van der Waals surface area contributed by atoms with Gasteiger partial charge in [-0.05, 0) is 24.3 Å². The van der Waals surface area contributed by atoms with Crippen molar-refractivity contribution in [3.63, 3.8) is 0 Å². The van der Waals surface area contributed by atoms with Crippen molar-refractivity contribution < 1.29 is 9.53 Å². The molecule has 0 aliphatic rings. The molecule has 0 bridgehead atoms. The topological polar surface area (TPSA) is 108 Å². The van der Waals surface area contributed by atoms with Gasteiger partial charge in [0.25, 0.3) is 5.56 Å². The number of benzene rings is 1. The standard InChI is InChI=1S/C15H18N4O4.ClH/c1-18-14(21)6-8-19(15(18)22)10-13(20)17-11-2-4-12(5-3-11)23-9-7-16;/h2-6,8H,7,9-10,16H2,1H3,(H,17,20);1H. The Morgan fingerprint density at radius 1 is 1.21 bits per heavy atom. The molecule has 0 spiro atoms. The summed E-state index contributed by atoms with van der Waals surface area (Å²) in [6, 6.07) is 8.03. The minimum Gasteiger partial charge on any atom is -0.492 e. The fourth-order valence-electron chi connectivity index (χ4n) is 1.90. The third-order valence-corrected chi connectivity index (χ3v) is 3.10. The Labute approximate surface area is 144 Å². The quantitative estimate of drug-likeness (QED) is 0.755. The first-order valence-electron chi connectivity index (χ1n) is 7.00. The SMILES string of the molecule is Cl.Cn1c(=O)ccn(CC(=O)Nc2ccc(OCCN)cc2)c1=O. The summed E-state index contributed by atoms with van der Waals surface area (Å²) >= 11 is 0. The number of nitrogens with two attached hydrogens (primary N) is 1. The van der Waals surface area contributed by atoms with E-state index in [9.17, 15) is 14.4 Å². The van der Waals surface area contributed by atoms with Crippen LogP contribution in [-0.2, 0) is 18.4 Å². The lowest BCUT2D eigenvalue weighted by Crippen LogP contribution is -2.38. The van der Waals surface area contributed by atoms with E-state index in [2.05, 4.69) is 5.32 Å². The van der Waals surface area contributed by atoms with E-state index in [-0.39, 0.29) is 24.9 Å². The van der Waals surface area contributed by atoms with Gasteiger partial charge in [-0.2, -0.15) is 0 Å². The molecule has 0 atom stereocenters. The smallest absolute Gasteiger partial charge is 0.331 e. The molecule has 2 rings (SSSR count). The molecule has 0 unspecified atom stereocenters. The number of hydrogen-bond donors (Lipinski definition) is 2. The summed E-state index contributed by atoms with van der Waals surface area (Å²) in [5.74, 6) is 0.282. The lowest BCUT2D eigenvalue weighted by molar-refractivity contribution is -0.116. The first kappa shape index (κ1) is 19.5. The molecule has 1 aromatic heterocycles. The summed E-state index contributed by atoms with van der Waals surface area (Å²) in [6.45, 7) is 0.659. The van der Waals surface area contributed by atoms with Gasteiger partial charge in [0.15, 0.2) is 0 Å². The fraction of sp³-hybridized carbons (Fsp3) is 0.267. The number of ether oxygens (including phenoxy) is 1. The number of halogens is 1. The number of amides is 1. The minimum absolute atomic E-state index is 0. The predicted molar refractivity (Wildman–Crippen MR) is 92.8 cm³/mol. The number of carbonyl (C=O) groups is 1. The van der Waals surface area contributed by atoms with E-state index in [1.54, 1.807) is 24.3 Å². The summed E-state index contributed by atoms with van der Waals surface area (Å²) in [5.41, 5.74) is 4.96. The summed E-state index contributed by atoms with van der Waals surface area (Å²) in [4.78, 5) is 35.1. The molecule has 3 N–H and O–H groups in total. The third kappa shape index (κ3) is 4.97. The minimum atomic E-state index is -0.543. The number of hydrogen-bond acceptors (Lipinski definition) is 5. The predicted octanol–water partition coefficient (Wildman–Crippen LogP) is -0.0550. The molecule has 0 saturated carbocycles. The molecular weight excluding hydrogens is 336 g/mol. The Kier molecular flexibility index (Phi) is 7.22. The number of rotatable bonds is 6. The molecule has 2 aromatic rings. The van der Waals surface area contributed by atoms with Crippen LogP contribution in [-0.4, -0.2) is 28.2 Å². The number of anilines is 1. The Morgan fingerprint density at radius 2 is 1.88 bits per heavy atom. The van der Waals surface area contributed by atoms with Crippen LogP contribution in [0, 0.1) is 0 Å². The van der Waals surface area contributed by atoms with Crippen LogP contribution in [0.3, 0.4) is 0 Å². The van der Waals surface area contributed by atoms with E-state index in [0.29, 0.717) is 24.6 Å². The molecule has 0 saturated heterocycles. The largest absolute Gasteiger partial charge is 0.492 e. The lowest BCUT2D eigenvalue weighted by Gasteiger charge is -2.09. The maximum atomic E-state index is 12.0. The molecule has 8 nitrogen and oxygen atoms in total. The summed E-state index contributed by atoms with van der Waals surface area (Å²) < 4.78 is 7.44. The van der Waals surface area contributed by atoms with Gasteiger partial charge in [0.05, 0.1) is 0 Å². The zero-order valence-electron chi connectivity index (χ0n) is 13.1. The van der Waals surface area contributed by atoms with E-state index in [1.807, 2.05) is 0 Å². The summed E-state index contributed by atoms with van der Waals surface area (Å²) in [6.07, 6.45) is 1.30. The van der Waals surface area contributed by atoms with Crippen molar-refractivity contribution in [2.45, 2.75) is 6.54 Å².